The molecule has 106 valence electrons. The highest BCUT2D eigenvalue weighted by molar-refractivity contribution is 5.86. The van der Waals surface area contributed by atoms with Crippen molar-refractivity contribution in [1.82, 2.24) is 5.32 Å². The molecule has 0 spiro atoms. The highest BCUT2D eigenvalue weighted by Gasteiger charge is 2.07. The van der Waals surface area contributed by atoms with Crippen LogP contribution < -0.4 is 10.1 Å². The number of nitrogens with one attached hydrogen (secondary N) is 1. The van der Waals surface area contributed by atoms with E-state index in [4.69, 9.17) is 9.47 Å². The number of amides is 1. The Labute approximate surface area is 117 Å². The van der Waals surface area contributed by atoms with Gasteiger partial charge in [0, 0.05) is 13.7 Å². The maximum Gasteiger partial charge on any atom is 0.258 e. The first kappa shape index (κ1) is 14.1. The number of benzene rings is 2. The van der Waals surface area contributed by atoms with Crippen molar-refractivity contribution in [3.05, 3.63) is 36.4 Å². The van der Waals surface area contributed by atoms with Gasteiger partial charge in [-0.25, -0.2) is 0 Å². The molecule has 0 aromatic heterocycles. The summed E-state index contributed by atoms with van der Waals surface area (Å²) in [7, 11) is 1.57. The number of carbonyl (C=O) groups excluding carboxylic acids is 1. The van der Waals surface area contributed by atoms with Gasteiger partial charge in [0.2, 0.25) is 0 Å². The van der Waals surface area contributed by atoms with Gasteiger partial charge in [-0.05, 0) is 22.9 Å². The van der Waals surface area contributed by atoms with Crippen molar-refractivity contribution in [1.29, 1.82) is 0 Å². The van der Waals surface area contributed by atoms with Crippen molar-refractivity contribution >= 4 is 16.7 Å². The largest absolute Gasteiger partial charge is 0.504 e. The highest BCUT2D eigenvalue weighted by Crippen LogP contribution is 2.31. The van der Waals surface area contributed by atoms with Gasteiger partial charge in [-0.2, -0.15) is 0 Å². The van der Waals surface area contributed by atoms with Crippen LogP contribution in [0.15, 0.2) is 36.4 Å². The third kappa shape index (κ3) is 3.61. The van der Waals surface area contributed by atoms with Gasteiger partial charge in [-0.3, -0.25) is 4.79 Å². The molecule has 0 radical (unpaired) electrons. The number of carbonyl (C=O) groups is 1. The number of phenols is 1. The molecule has 0 aliphatic rings. The van der Waals surface area contributed by atoms with E-state index >= 15 is 0 Å². The van der Waals surface area contributed by atoms with Crippen molar-refractivity contribution in [2.75, 3.05) is 26.9 Å². The number of hydrogen-bond acceptors (Lipinski definition) is 4. The molecule has 0 aliphatic carbocycles. The number of hydrogen-bond donors (Lipinski definition) is 2. The molecule has 2 rings (SSSR count). The number of methoxy groups -OCH3 is 1. The first-order valence-electron chi connectivity index (χ1n) is 6.31. The fraction of sp³-hybridized carbons (Fsp3) is 0.267. The van der Waals surface area contributed by atoms with Gasteiger partial charge in [-0.15, -0.1) is 0 Å². The van der Waals surface area contributed by atoms with Crippen LogP contribution in [0.3, 0.4) is 0 Å². The standard InChI is InChI=1S/C15H17NO4/c1-19-7-6-16-15(18)10-20-14-9-12-5-3-2-4-11(12)8-13(14)17/h2-5,8-9,17H,6-7,10H2,1H3,(H,16,18). The fourth-order valence-electron chi connectivity index (χ4n) is 1.81. The Hall–Kier alpha value is -2.27. The molecule has 2 N–H and O–H groups in total. The van der Waals surface area contributed by atoms with E-state index < -0.39 is 0 Å². The summed E-state index contributed by atoms with van der Waals surface area (Å²) in [6.07, 6.45) is 0. The molecule has 0 saturated heterocycles. The average Bonchev–Trinajstić information content (AvgIpc) is 2.45. The Balaban J connectivity index is 1.99. The van der Waals surface area contributed by atoms with E-state index in [9.17, 15) is 9.90 Å². The van der Waals surface area contributed by atoms with E-state index in [1.54, 1.807) is 19.2 Å². The minimum absolute atomic E-state index is 0.0217. The average molecular weight is 275 g/mol. The Morgan fingerprint density at radius 1 is 1.25 bits per heavy atom. The quantitative estimate of drug-likeness (QED) is 0.787. The number of phenolic OH excluding ortho intramolecular Hbond substituents is 1. The topological polar surface area (TPSA) is 67.8 Å². The van der Waals surface area contributed by atoms with Gasteiger partial charge in [0.25, 0.3) is 5.91 Å². The lowest BCUT2D eigenvalue weighted by molar-refractivity contribution is -0.123. The molecule has 0 heterocycles. The molecule has 0 bridgehead atoms. The predicted octanol–water partition coefficient (Wildman–Crippen LogP) is 1.69. The van der Waals surface area contributed by atoms with Crippen molar-refractivity contribution in [3.63, 3.8) is 0 Å². The molecule has 0 saturated carbocycles. The second-order valence-electron chi connectivity index (χ2n) is 4.30. The van der Waals surface area contributed by atoms with Crippen LogP contribution in [0.4, 0.5) is 0 Å². The molecule has 0 unspecified atom stereocenters. The van der Waals surface area contributed by atoms with Crippen molar-refractivity contribution < 1.29 is 19.4 Å². The third-order valence-electron chi connectivity index (χ3n) is 2.81. The van der Waals surface area contributed by atoms with Crippen LogP contribution in [0.5, 0.6) is 11.5 Å². The number of ether oxygens (including phenoxy) is 2. The lowest BCUT2D eigenvalue weighted by Gasteiger charge is -2.09. The maximum absolute atomic E-state index is 11.5. The molecule has 5 nitrogen and oxygen atoms in total. The summed E-state index contributed by atoms with van der Waals surface area (Å²) in [5, 5.41) is 14.4. The zero-order chi connectivity index (χ0) is 14.4. The van der Waals surface area contributed by atoms with Crippen molar-refractivity contribution in [3.8, 4) is 11.5 Å². The smallest absolute Gasteiger partial charge is 0.258 e. The maximum atomic E-state index is 11.5. The summed E-state index contributed by atoms with van der Waals surface area (Å²) < 4.78 is 10.2. The van der Waals surface area contributed by atoms with Gasteiger partial charge in [0.15, 0.2) is 18.1 Å². The summed E-state index contributed by atoms with van der Waals surface area (Å²) in [5.74, 6) is 0.0635. The summed E-state index contributed by atoms with van der Waals surface area (Å²) >= 11 is 0. The lowest BCUT2D eigenvalue weighted by atomic mass is 10.1. The van der Waals surface area contributed by atoms with Gasteiger partial charge >= 0.3 is 0 Å². The Kier molecular flexibility index (Phi) is 4.79. The minimum Gasteiger partial charge on any atom is -0.504 e. The normalized spacial score (nSPS) is 10.4. The molecule has 0 fully saturated rings. The Morgan fingerprint density at radius 3 is 2.65 bits per heavy atom. The SMILES string of the molecule is COCCNC(=O)COc1cc2ccccc2cc1O. The summed E-state index contributed by atoms with van der Waals surface area (Å²) in [5.41, 5.74) is 0. The highest BCUT2D eigenvalue weighted by atomic mass is 16.5. The molecule has 0 atom stereocenters. The fourth-order valence-corrected chi connectivity index (χ4v) is 1.81. The molecule has 2 aromatic rings. The lowest BCUT2D eigenvalue weighted by Crippen LogP contribution is -2.31. The van der Waals surface area contributed by atoms with E-state index in [1.165, 1.54) is 0 Å². The first-order valence-corrected chi connectivity index (χ1v) is 6.31. The van der Waals surface area contributed by atoms with Gasteiger partial charge in [0.05, 0.1) is 6.61 Å². The molecule has 2 aromatic carbocycles. The van der Waals surface area contributed by atoms with Crippen LogP contribution in [-0.4, -0.2) is 37.9 Å². The number of rotatable bonds is 6. The van der Waals surface area contributed by atoms with E-state index in [0.29, 0.717) is 18.9 Å². The Bertz CT molecular complexity index is 597. The summed E-state index contributed by atoms with van der Waals surface area (Å²) in [4.78, 5) is 11.5. The molecule has 5 heteroatoms. The molecular formula is C15H17NO4. The van der Waals surface area contributed by atoms with E-state index in [-0.39, 0.29) is 18.3 Å². The van der Waals surface area contributed by atoms with Crippen LogP contribution in [0.2, 0.25) is 0 Å². The van der Waals surface area contributed by atoms with Crippen LogP contribution >= 0.6 is 0 Å². The monoisotopic (exact) mass is 275 g/mol. The predicted molar refractivity (Wildman–Crippen MR) is 76.0 cm³/mol. The van der Waals surface area contributed by atoms with Gasteiger partial charge < -0.3 is 19.9 Å². The number of aromatic hydroxyl groups is 1. The van der Waals surface area contributed by atoms with Crippen LogP contribution in [0.25, 0.3) is 10.8 Å². The van der Waals surface area contributed by atoms with E-state index in [0.717, 1.165) is 10.8 Å². The first-order chi connectivity index (χ1) is 9.70. The second-order valence-corrected chi connectivity index (χ2v) is 4.30. The molecule has 1 amide bonds. The second kappa shape index (κ2) is 6.77. The van der Waals surface area contributed by atoms with E-state index in [1.807, 2.05) is 24.3 Å². The Morgan fingerprint density at radius 2 is 1.95 bits per heavy atom. The van der Waals surface area contributed by atoms with Crippen LogP contribution in [-0.2, 0) is 9.53 Å². The minimum atomic E-state index is -0.255. The van der Waals surface area contributed by atoms with Crippen molar-refractivity contribution in [2.45, 2.75) is 0 Å². The molecule has 0 aliphatic heterocycles. The van der Waals surface area contributed by atoms with Crippen molar-refractivity contribution in [2.24, 2.45) is 0 Å². The zero-order valence-electron chi connectivity index (χ0n) is 11.3. The third-order valence-corrected chi connectivity index (χ3v) is 2.81. The van der Waals surface area contributed by atoms with Crippen LogP contribution in [0.1, 0.15) is 0 Å². The molecular weight excluding hydrogens is 258 g/mol. The molecule has 20 heavy (non-hydrogen) atoms. The zero-order valence-corrected chi connectivity index (χ0v) is 11.3. The summed E-state index contributed by atoms with van der Waals surface area (Å²) in [6.45, 7) is 0.741. The number of fused-ring (bicyclic) bond motifs is 1. The van der Waals surface area contributed by atoms with Gasteiger partial charge in [-0.1, -0.05) is 24.3 Å². The van der Waals surface area contributed by atoms with Crippen LogP contribution in [0, 0.1) is 0 Å². The van der Waals surface area contributed by atoms with Gasteiger partial charge in [0.1, 0.15) is 0 Å². The summed E-state index contributed by atoms with van der Waals surface area (Å²) in [6, 6.07) is 10.9. The van der Waals surface area contributed by atoms with E-state index in [2.05, 4.69) is 5.32 Å².